The van der Waals surface area contributed by atoms with E-state index in [1.807, 2.05) is 31.3 Å². The van der Waals surface area contributed by atoms with E-state index < -0.39 is 0 Å². The van der Waals surface area contributed by atoms with Gasteiger partial charge in [-0.2, -0.15) is 4.98 Å². The number of nitrogens with zero attached hydrogens (tertiary/aromatic N) is 3. The van der Waals surface area contributed by atoms with Crippen molar-refractivity contribution in [2.45, 2.75) is 6.92 Å². The summed E-state index contributed by atoms with van der Waals surface area (Å²) in [6.45, 7) is 2.07. The Labute approximate surface area is 129 Å². The fourth-order valence-corrected chi connectivity index (χ4v) is 2.19. The monoisotopic (exact) mass is 294 g/mol. The van der Waals surface area contributed by atoms with E-state index >= 15 is 0 Å². The highest BCUT2D eigenvalue weighted by Crippen LogP contribution is 2.22. The van der Waals surface area contributed by atoms with Gasteiger partial charge in [0.2, 0.25) is 5.95 Å². The molecule has 0 aliphatic rings. The van der Waals surface area contributed by atoms with Gasteiger partial charge < -0.3 is 10.1 Å². The molecule has 5 heteroatoms. The number of methoxy groups -OCH3 is 1. The number of nitrogens with one attached hydrogen (secondary N) is 1. The molecule has 112 valence electrons. The number of rotatable bonds is 4. The lowest BCUT2D eigenvalue weighted by Crippen LogP contribution is -1.95. The third-order valence-corrected chi connectivity index (χ3v) is 3.42. The lowest BCUT2D eigenvalue weighted by Gasteiger charge is -2.03. The average molecular weight is 294 g/mol. The van der Waals surface area contributed by atoms with Gasteiger partial charge in [-0.3, -0.25) is 0 Å². The molecule has 0 unspecified atom stereocenters. The summed E-state index contributed by atoms with van der Waals surface area (Å²) in [6.07, 6.45) is 0. The first-order chi connectivity index (χ1) is 10.7. The molecule has 2 aromatic carbocycles. The predicted molar refractivity (Wildman–Crippen MR) is 87.5 cm³/mol. The molecule has 0 fully saturated rings. The second-order valence-corrected chi connectivity index (χ2v) is 5.10. The van der Waals surface area contributed by atoms with Crippen LogP contribution in [0.5, 0.6) is 5.75 Å². The molecule has 22 heavy (non-hydrogen) atoms. The van der Waals surface area contributed by atoms with E-state index in [0.29, 0.717) is 5.95 Å². The Balaban J connectivity index is 1.83. The Hall–Kier alpha value is -2.82. The van der Waals surface area contributed by atoms with Gasteiger partial charge in [-0.1, -0.05) is 29.8 Å². The van der Waals surface area contributed by atoms with Crippen LogP contribution in [0.15, 0.2) is 48.5 Å². The lowest BCUT2D eigenvalue weighted by molar-refractivity contribution is 0.415. The molecule has 0 radical (unpaired) electrons. The van der Waals surface area contributed by atoms with Crippen LogP contribution in [0.3, 0.4) is 0 Å². The van der Waals surface area contributed by atoms with Crippen molar-refractivity contribution in [1.82, 2.24) is 14.8 Å². The molecule has 0 saturated heterocycles. The largest absolute Gasteiger partial charge is 0.497 e. The predicted octanol–water partition coefficient (Wildman–Crippen LogP) is 3.54. The van der Waals surface area contributed by atoms with E-state index in [-0.39, 0.29) is 0 Å². The van der Waals surface area contributed by atoms with Crippen LogP contribution in [-0.4, -0.2) is 21.9 Å². The maximum absolute atomic E-state index is 5.15. The van der Waals surface area contributed by atoms with Crippen molar-refractivity contribution >= 4 is 11.6 Å². The summed E-state index contributed by atoms with van der Waals surface area (Å²) in [7, 11) is 3.54. The second-order valence-electron chi connectivity index (χ2n) is 5.10. The Morgan fingerprint density at radius 3 is 2.32 bits per heavy atom. The van der Waals surface area contributed by atoms with Gasteiger partial charge in [0.25, 0.3) is 0 Å². The van der Waals surface area contributed by atoms with Crippen LogP contribution in [0.1, 0.15) is 5.56 Å². The third kappa shape index (κ3) is 2.93. The number of anilines is 2. The van der Waals surface area contributed by atoms with Gasteiger partial charge in [0.05, 0.1) is 7.11 Å². The average Bonchev–Trinajstić information content (AvgIpc) is 2.89. The lowest BCUT2D eigenvalue weighted by atomic mass is 10.1. The van der Waals surface area contributed by atoms with Crippen molar-refractivity contribution in [2.75, 3.05) is 12.4 Å². The summed E-state index contributed by atoms with van der Waals surface area (Å²) in [6, 6.07) is 15.9. The molecule has 3 aromatic rings. The second kappa shape index (κ2) is 5.89. The number of aryl methyl sites for hydroxylation is 2. The van der Waals surface area contributed by atoms with Gasteiger partial charge in [-0.25, -0.2) is 4.68 Å². The van der Waals surface area contributed by atoms with Crippen molar-refractivity contribution in [1.29, 1.82) is 0 Å². The van der Waals surface area contributed by atoms with Gasteiger partial charge in [-0.15, -0.1) is 5.10 Å². The molecule has 0 atom stereocenters. The van der Waals surface area contributed by atoms with Crippen LogP contribution >= 0.6 is 0 Å². The minimum atomic E-state index is 0.572. The number of benzene rings is 2. The first-order valence-electron chi connectivity index (χ1n) is 7.05. The number of hydrogen-bond donors (Lipinski definition) is 1. The zero-order valence-corrected chi connectivity index (χ0v) is 12.9. The molecule has 5 nitrogen and oxygen atoms in total. The van der Waals surface area contributed by atoms with Gasteiger partial charge in [-0.05, 0) is 31.2 Å². The summed E-state index contributed by atoms with van der Waals surface area (Å²) in [5.41, 5.74) is 3.19. The van der Waals surface area contributed by atoms with Crippen LogP contribution < -0.4 is 10.1 Å². The highest BCUT2D eigenvalue weighted by Gasteiger charge is 2.09. The smallest absolute Gasteiger partial charge is 0.247 e. The highest BCUT2D eigenvalue weighted by atomic mass is 16.5. The topological polar surface area (TPSA) is 52.0 Å². The quantitative estimate of drug-likeness (QED) is 0.799. The summed E-state index contributed by atoms with van der Waals surface area (Å²) in [5.74, 6) is 2.22. The van der Waals surface area contributed by atoms with Gasteiger partial charge in [0.1, 0.15) is 5.75 Å². The minimum Gasteiger partial charge on any atom is -0.497 e. The van der Waals surface area contributed by atoms with Crippen molar-refractivity contribution in [3.05, 3.63) is 54.1 Å². The number of ether oxygens (including phenoxy) is 1. The Kier molecular flexibility index (Phi) is 3.78. The van der Waals surface area contributed by atoms with Gasteiger partial charge in [0.15, 0.2) is 5.82 Å². The van der Waals surface area contributed by atoms with Crippen LogP contribution in [0.2, 0.25) is 0 Å². The van der Waals surface area contributed by atoms with Crippen molar-refractivity contribution in [2.24, 2.45) is 7.05 Å². The van der Waals surface area contributed by atoms with E-state index in [9.17, 15) is 0 Å². The molecule has 0 aliphatic carbocycles. The summed E-state index contributed by atoms with van der Waals surface area (Å²) >= 11 is 0. The molecule has 0 saturated carbocycles. The fourth-order valence-electron chi connectivity index (χ4n) is 2.19. The van der Waals surface area contributed by atoms with E-state index in [1.165, 1.54) is 5.56 Å². The zero-order valence-electron chi connectivity index (χ0n) is 12.9. The number of aromatic nitrogens is 3. The SMILES string of the molecule is COc1ccc(Nc2nc(-c3ccc(C)cc3)n(C)n2)cc1. The van der Waals surface area contributed by atoms with Crippen LogP contribution in [-0.2, 0) is 7.05 Å². The minimum absolute atomic E-state index is 0.572. The van der Waals surface area contributed by atoms with Crippen molar-refractivity contribution in [3.8, 4) is 17.1 Å². The van der Waals surface area contributed by atoms with Crippen molar-refractivity contribution in [3.63, 3.8) is 0 Å². The van der Waals surface area contributed by atoms with E-state index in [2.05, 4.69) is 46.6 Å². The Morgan fingerprint density at radius 1 is 1.00 bits per heavy atom. The molecular formula is C17H18N4O. The molecule has 1 N–H and O–H groups in total. The van der Waals surface area contributed by atoms with E-state index in [1.54, 1.807) is 11.8 Å². The highest BCUT2D eigenvalue weighted by molar-refractivity contribution is 5.60. The maximum Gasteiger partial charge on any atom is 0.247 e. The van der Waals surface area contributed by atoms with Crippen LogP contribution in [0, 0.1) is 6.92 Å². The van der Waals surface area contributed by atoms with Gasteiger partial charge in [0, 0.05) is 18.3 Å². The van der Waals surface area contributed by atoms with Gasteiger partial charge >= 0.3 is 0 Å². The maximum atomic E-state index is 5.15. The third-order valence-electron chi connectivity index (χ3n) is 3.42. The standard InChI is InChI=1S/C17H18N4O/c1-12-4-6-13(7-5-12)16-19-17(20-21(16)2)18-14-8-10-15(22-3)11-9-14/h4-11H,1-3H3,(H,18,20). The summed E-state index contributed by atoms with van der Waals surface area (Å²) < 4.78 is 6.92. The molecule has 0 bridgehead atoms. The molecule has 0 amide bonds. The fraction of sp³-hybridized carbons (Fsp3) is 0.176. The summed E-state index contributed by atoms with van der Waals surface area (Å²) in [4.78, 5) is 4.56. The molecule has 1 heterocycles. The van der Waals surface area contributed by atoms with Crippen LogP contribution in [0.4, 0.5) is 11.6 Å². The zero-order chi connectivity index (χ0) is 15.5. The Morgan fingerprint density at radius 2 is 1.68 bits per heavy atom. The summed E-state index contributed by atoms with van der Waals surface area (Å²) in [5, 5.41) is 7.61. The number of hydrogen-bond acceptors (Lipinski definition) is 4. The molecule has 0 spiro atoms. The first-order valence-corrected chi connectivity index (χ1v) is 7.05. The Bertz CT molecular complexity index is 760. The van der Waals surface area contributed by atoms with E-state index in [4.69, 9.17) is 4.74 Å². The van der Waals surface area contributed by atoms with Crippen LogP contribution in [0.25, 0.3) is 11.4 Å². The molecule has 1 aromatic heterocycles. The van der Waals surface area contributed by atoms with E-state index in [0.717, 1.165) is 22.8 Å². The molecule has 3 rings (SSSR count). The van der Waals surface area contributed by atoms with Crippen molar-refractivity contribution < 1.29 is 4.74 Å². The molecule has 0 aliphatic heterocycles. The molecular weight excluding hydrogens is 276 g/mol. The first kappa shape index (κ1) is 14.1. The normalized spacial score (nSPS) is 10.5.